The summed E-state index contributed by atoms with van der Waals surface area (Å²) in [7, 11) is 0. The van der Waals surface area contributed by atoms with E-state index in [1.165, 1.54) is 11.1 Å². The summed E-state index contributed by atoms with van der Waals surface area (Å²) in [6, 6.07) is 6.27. The van der Waals surface area contributed by atoms with E-state index in [0.29, 0.717) is 5.95 Å². The molecule has 0 amide bonds. The fourth-order valence-corrected chi connectivity index (χ4v) is 1.65. The van der Waals surface area contributed by atoms with Gasteiger partial charge >= 0.3 is 0 Å². The van der Waals surface area contributed by atoms with Crippen LogP contribution in [0.4, 0.5) is 11.6 Å². The first-order valence-corrected chi connectivity index (χ1v) is 6.05. The van der Waals surface area contributed by atoms with Gasteiger partial charge in [-0.25, -0.2) is 9.97 Å². The quantitative estimate of drug-likeness (QED) is 0.860. The fourth-order valence-electron chi connectivity index (χ4n) is 1.37. The Hall–Kier alpha value is -1.17. The molecule has 1 heterocycles. The second-order valence-corrected chi connectivity index (χ2v) is 4.91. The molecular weight excluding hydrogens is 313 g/mol. The molecule has 0 fully saturated rings. The van der Waals surface area contributed by atoms with E-state index in [9.17, 15) is 0 Å². The summed E-state index contributed by atoms with van der Waals surface area (Å²) in [6.45, 7) is 4.13. The zero-order chi connectivity index (χ0) is 11.5. The van der Waals surface area contributed by atoms with Gasteiger partial charge in [0.1, 0.15) is 0 Å². The highest BCUT2D eigenvalue weighted by atomic mass is 127. The van der Waals surface area contributed by atoms with Crippen molar-refractivity contribution in [2.24, 2.45) is 0 Å². The van der Waals surface area contributed by atoms with Crippen LogP contribution in [0.2, 0.25) is 0 Å². The maximum Gasteiger partial charge on any atom is 0.227 e. The molecule has 2 rings (SSSR count). The number of nitrogens with one attached hydrogen (secondary N) is 1. The average molecular weight is 325 g/mol. The summed E-state index contributed by atoms with van der Waals surface area (Å²) < 4.78 is 1.03. The van der Waals surface area contributed by atoms with Crippen LogP contribution in [-0.2, 0) is 0 Å². The molecule has 0 atom stereocenters. The average Bonchev–Trinajstić information content (AvgIpc) is 2.27. The molecule has 2 aromatic rings. The number of benzene rings is 1. The molecule has 0 aliphatic carbocycles. The molecular formula is C12H12IN3. The van der Waals surface area contributed by atoms with E-state index in [0.717, 1.165) is 9.26 Å². The second kappa shape index (κ2) is 4.78. The summed E-state index contributed by atoms with van der Waals surface area (Å²) in [5.41, 5.74) is 3.47. The number of anilines is 2. The van der Waals surface area contributed by atoms with Crippen LogP contribution in [0.3, 0.4) is 0 Å². The topological polar surface area (TPSA) is 37.8 Å². The van der Waals surface area contributed by atoms with E-state index in [2.05, 4.69) is 69.9 Å². The molecule has 0 aliphatic rings. The number of aryl methyl sites for hydroxylation is 2. The van der Waals surface area contributed by atoms with Gasteiger partial charge in [-0.15, -0.1) is 0 Å². The van der Waals surface area contributed by atoms with E-state index in [1.54, 1.807) is 12.4 Å². The molecule has 82 valence electrons. The zero-order valence-corrected chi connectivity index (χ0v) is 11.3. The number of aromatic nitrogens is 2. The van der Waals surface area contributed by atoms with Gasteiger partial charge in [0.05, 0.1) is 0 Å². The number of rotatable bonds is 2. The summed E-state index contributed by atoms with van der Waals surface area (Å²) in [5.74, 6) is 0.633. The predicted molar refractivity (Wildman–Crippen MR) is 73.9 cm³/mol. The summed E-state index contributed by atoms with van der Waals surface area (Å²) in [5, 5.41) is 3.21. The van der Waals surface area contributed by atoms with Gasteiger partial charge in [0.25, 0.3) is 0 Å². The molecule has 3 nitrogen and oxygen atoms in total. The van der Waals surface area contributed by atoms with E-state index in [1.807, 2.05) is 0 Å². The molecule has 16 heavy (non-hydrogen) atoms. The van der Waals surface area contributed by atoms with Crippen LogP contribution >= 0.6 is 22.6 Å². The molecule has 0 saturated carbocycles. The predicted octanol–water partition coefficient (Wildman–Crippen LogP) is 3.44. The van der Waals surface area contributed by atoms with Gasteiger partial charge in [-0.2, -0.15) is 0 Å². The lowest BCUT2D eigenvalue weighted by Crippen LogP contribution is -1.98. The molecule has 0 aliphatic heterocycles. The van der Waals surface area contributed by atoms with Crippen molar-refractivity contribution in [2.75, 3.05) is 5.32 Å². The van der Waals surface area contributed by atoms with Gasteiger partial charge < -0.3 is 5.32 Å². The number of halogens is 1. The molecule has 0 saturated heterocycles. The molecule has 1 aromatic heterocycles. The standard InChI is InChI=1S/C12H12IN3/c1-8-3-4-9(2)11(5-8)16-12-14-6-10(13)7-15-12/h3-7H,1-2H3,(H,14,15,16). The maximum absolute atomic E-state index is 4.21. The lowest BCUT2D eigenvalue weighted by atomic mass is 10.1. The number of hydrogen-bond acceptors (Lipinski definition) is 3. The minimum absolute atomic E-state index is 0.633. The Bertz CT molecular complexity index is 494. The van der Waals surface area contributed by atoms with Crippen molar-refractivity contribution in [3.8, 4) is 0 Å². The normalized spacial score (nSPS) is 10.2. The Balaban J connectivity index is 2.26. The van der Waals surface area contributed by atoms with Gasteiger partial charge in [0.15, 0.2) is 0 Å². The van der Waals surface area contributed by atoms with Gasteiger partial charge in [-0.1, -0.05) is 12.1 Å². The van der Waals surface area contributed by atoms with Gasteiger partial charge in [0.2, 0.25) is 5.95 Å². The first kappa shape index (κ1) is 11.3. The van der Waals surface area contributed by atoms with Gasteiger partial charge in [-0.3, -0.25) is 0 Å². The van der Waals surface area contributed by atoms with E-state index in [-0.39, 0.29) is 0 Å². The highest BCUT2D eigenvalue weighted by Crippen LogP contribution is 2.19. The maximum atomic E-state index is 4.21. The Kier molecular flexibility index (Phi) is 3.38. The highest BCUT2D eigenvalue weighted by Gasteiger charge is 2.01. The van der Waals surface area contributed by atoms with Gasteiger partial charge in [0, 0.05) is 21.7 Å². The molecule has 0 spiro atoms. The molecule has 1 N–H and O–H groups in total. The molecule has 4 heteroatoms. The molecule has 1 aromatic carbocycles. The SMILES string of the molecule is Cc1ccc(C)c(Nc2ncc(I)cn2)c1. The molecule has 0 bridgehead atoms. The molecule has 0 unspecified atom stereocenters. The Morgan fingerprint density at radius 3 is 2.50 bits per heavy atom. The summed E-state index contributed by atoms with van der Waals surface area (Å²) in [4.78, 5) is 8.43. The Morgan fingerprint density at radius 2 is 1.81 bits per heavy atom. The van der Waals surface area contributed by atoms with Crippen LogP contribution in [0.5, 0.6) is 0 Å². The van der Waals surface area contributed by atoms with Crippen LogP contribution in [0.25, 0.3) is 0 Å². The fraction of sp³-hybridized carbons (Fsp3) is 0.167. The van der Waals surface area contributed by atoms with Crippen molar-refractivity contribution < 1.29 is 0 Å². The van der Waals surface area contributed by atoms with Crippen molar-refractivity contribution in [1.82, 2.24) is 9.97 Å². The lowest BCUT2D eigenvalue weighted by Gasteiger charge is -2.08. The minimum atomic E-state index is 0.633. The summed E-state index contributed by atoms with van der Waals surface area (Å²) in [6.07, 6.45) is 3.59. The Morgan fingerprint density at radius 1 is 1.12 bits per heavy atom. The zero-order valence-electron chi connectivity index (χ0n) is 9.16. The van der Waals surface area contributed by atoms with Crippen LogP contribution in [-0.4, -0.2) is 9.97 Å². The molecule has 0 radical (unpaired) electrons. The first-order chi connectivity index (χ1) is 7.65. The van der Waals surface area contributed by atoms with E-state index < -0.39 is 0 Å². The second-order valence-electron chi connectivity index (χ2n) is 3.67. The van der Waals surface area contributed by atoms with Crippen molar-refractivity contribution >= 4 is 34.2 Å². The number of hydrogen-bond donors (Lipinski definition) is 1. The van der Waals surface area contributed by atoms with Crippen LogP contribution in [0.1, 0.15) is 11.1 Å². The third kappa shape index (κ3) is 2.69. The van der Waals surface area contributed by atoms with Crippen molar-refractivity contribution in [3.63, 3.8) is 0 Å². The van der Waals surface area contributed by atoms with E-state index in [4.69, 9.17) is 0 Å². The highest BCUT2D eigenvalue weighted by molar-refractivity contribution is 14.1. The lowest BCUT2D eigenvalue weighted by molar-refractivity contribution is 1.15. The third-order valence-corrected chi connectivity index (χ3v) is 2.82. The largest absolute Gasteiger partial charge is 0.324 e. The third-order valence-electron chi connectivity index (χ3n) is 2.26. The summed E-state index contributed by atoms with van der Waals surface area (Å²) >= 11 is 2.19. The number of nitrogens with zero attached hydrogens (tertiary/aromatic N) is 2. The van der Waals surface area contributed by atoms with Crippen molar-refractivity contribution in [2.45, 2.75) is 13.8 Å². The van der Waals surface area contributed by atoms with E-state index >= 15 is 0 Å². The first-order valence-electron chi connectivity index (χ1n) is 4.97. The van der Waals surface area contributed by atoms with Gasteiger partial charge in [-0.05, 0) is 53.6 Å². The smallest absolute Gasteiger partial charge is 0.227 e. The van der Waals surface area contributed by atoms with Crippen molar-refractivity contribution in [1.29, 1.82) is 0 Å². The van der Waals surface area contributed by atoms with Crippen LogP contribution < -0.4 is 5.32 Å². The monoisotopic (exact) mass is 325 g/mol. The van der Waals surface area contributed by atoms with Crippen LogP contribution in [0, 0.1) is 17.4 Å². The minimum Gasteiger partial charge on any atom is -0.324 e. The van der Waals surface area contributed by atoms with Crippen molar-refractivity contribution in [3.05, 3.63) is 45.3 Å². The Labute approximate surface area is 108 Å². The van der Waals surface area contributed by atoms with Crippen LogP contribution in [0.15, 0.2) is 30.6 Å².